The maximum atomic E-state index is 12.2. The molecule has 0 aliphatic rings. The Bertz CT molecular complexity index is 1370. The topological polar surface area (TPSA) is 108 Å². The fourth-order valence-corrected chi connectivity index (χ4v) is 3.74. The van der Waals surface area contributed by atoms with Crippen molar-refractivity contribution < 1.29 is 14.3 Å². The number of nitrogens with zero attached hydrogens (tertiary/aromatic N) is 6. The van der Waals surface area contributed by atoms with Gasteiger partial charge < -0.3 is 9.47 Å². The molecule has 10 heteroatoms. The number of carbonyl (C=O) groups is 1. The van der Waals surface area contributed by atoms with Crippen LogP contribution in [0.2, 0.25) is 0 Å². The number of halogens is 1. The number of imidazole rings is 1. The summed E-state index contributed by atoms with van der Waals surface area (Å²) in [5.74, 6) is 1.40. The zero-order valence-electron chi connectivity index (χ0n) is 17.7. The van der Waals surface area contributed by atoms with Gasteiger partial charge in [-0.05, 0) is 54.0 Å². The smallest absolute Gasteiger partial charge is 0.166 e. The summed E-state index contributed by atoms with van der Waals surface area (Å²) in [7, 11) is 1.62. The molecule has 0 fully saturated rings. The van der Waals surface area contributed by atoms with Crippen molar-refractivity contribution in [3.8, 4) is 23.5 Å². The summed E-state index contributed by atoms with van der Waals surface area (Å²) >= 11 is 3.51. The number of ketones is 1. The van der Waals surface area contributed by atoms with E-state index in [1.807, 2.05) is 22.8 Å². The first-order chi connectivity index (χ1) is 15.4. The molecule has 1 aromatic carbocycles. The van der Waals surface area contributed by atoms with Crippen LogP contribution < -0.4 is 4.74 Å². The van der Waals surface area contributed by atoms with Crippen molar-refractivity contribution in [1.29, 1.82) is 5.26 Å². The Morgan fingerprint density at radius 2 is 2.06 bits per heavy atom. The van der Waals surface area contributed by atoms with Crippen LogP contribution in [0.1, 0.15) is 28.7 Å². The first kappa shape index (κ1) is 21.7. The van der Waals surface area contributed by atoms with Gasteiger partial charge in [0.25, 0.3) is 0 Å². The van der Waals surface area contributed by atoms with Crippen LogP contribution in [0.5, 0.6) is 5.75 Å². The third-order valence-corrected chi connectivity index (χ3v) is 5.45. The number of nitriles is 1. The molecule has 0 saturated heterocycles. The van der Waals surface area contributed by atoms with Gasteiger partial charge >= 0.3 is 0 Å². The molecule has 0 N–H and O–H groups in total. The summed E-state index contributed by atoms with van der Waals surface area (Å²) < 4.78 is 14.9. The molecule has 0 radical (unpaired) electrons. The number of ether oxygens (including phenoxy) is 2. The zero-order chi connectivity index (χ0) is 22.8. The van der Waals surface area contributed by atoms with E-state index in [0.717, 1.165) is 15.5 Å². The fraction of sp³-hybridized carbons (Fsp3) is 0.227. The van der Waals surface area contributed by atoms with E-state index in [4.69, 9.17) is 14.5 Å². The largest absolute Gasteiger partial charge is 0.490 e. The molecule has 0 bridgehead atoms. The van der Waals surface area contributed by atoms with Gasteiger partial charge in [0.2, 0.25) is 0 Å². The van der Waals surface area contributed by atoms with Gasteiger partial charge in [0.05, 0.1) is 27.7 Å². The summed E-state index contributed by atoms with van der Waals surface area (Å²) in [6.07, 6.45) is 1.66. The molecule has 0 amide bonds. The summed E-state index contributed by atoms with van der Waals surface area (Å²) in [5, 5.41) is 13.5. The fourth-order valence-electron chi connectivity index (χ4n) is 3.29. The molecule has 9 nitrogen and oxygen atoms in total. The molecule has 0 aliphatic carbocycles. The molecule has 0 atom stereocenters. The molecule has 0 saturated carbocycles. The molecule has 0 spiro atoms. The van der Waals surface area contributed by atoms with Crippen LogP contribution in [0.3, 0.4) is 0 Å². The quantitative estimate of drug-likeness (QED) is 0.284. The third-order valence-electron chi connectivity index (χ3n) is 4.84. The second-order valence-corrected chi connectivity index (χ2v) is 7.87. The monoisotopic (exact) mass is 494 g/mol. The van der Waals surface area contributed by atoms with E-state index in [0.29, 0.717) is 41.9 Å². The summed E-state index contributed by atoms with van der Waals surface area (Å²) in [5.41, 5.74) is 2.88. The lowest BCUT2D eigenvalue weighted by Gasteiger charge is -2.12. The van der Waals surface area contributed by atoms with Crippen molar-refractivity contribution in [1.82, 2.24) is 24.3 Å². The van der Waals surface area contributed by atoms with Crippen molar-refractivity contribution in [2.24, 2.45) is 0 Å². The number of pyridine rings is 1. The number of aryl methyl sites for hydroxylation is 1. The lowest BCUT2D eigenvalue weighted by atomic mass is 10.2. The second-order valence-electron chi connectivity index (χ2n) is 7.02. The first-order valence-electron chi connectivity index (χ1n) is 9.70. The Morgan fingerprint density at radius 1 is 1.25 bits per heavy atom. The molecule has 3 aromatic heterocycles. The lowest BCUT2D eigenvalue weighted by Crippen LogP contribution is -2.11. The predicted octanol–water partition coefficient (Wildman–Crippen LogP) is 3.78. The highest BCUT2D eigenvalue weighted by Gasteiger charge is 2.18. The molecule has 0 unspecified atom stereocenters. The number of carbonyl (C=O) groups excluding carboxylic acids is 1. The summed E-state index contributed by atoms with van der Waals surface area (Å²) in [6, 6.07) is 10.9. The SMILES string of the molecule is COCCOc1cc2c(cc1Br)ncn2-c1ccc(C(C)=O)c(-n2nc(C#N)cc2C)n1. The van der Waals surface area contributed by atoms with Crippen LogP contribution in [0, 0.1) is 18.3 Å². The molecule has 3 heterocycles. The normalized spacial score (nSPS) is 11.0. The van der Waals surface area contributed by atoms with Crippen LogP contribution in [0.4, 0.5) is 0 Å². The Balaban J connectivity index is 1.85. The second kappa shape index (κ2) is 8.90. The summed E-state index contributed by atoms with van der Waals surface area (Å²) in [6.45, 7) is 4.15. The Hall–Kier alpha value is -3.55. The van der Waals surface area contributed by atoms with E-state index in [2.05, 4.69) is 26.0 Å². The van der Waals surface area contributed by atoms with E-state index in [-0.39, 0.29) is 11.5 Å². The number of Topliss-reactive ketones (excluding diaryl/α,β-unsaturated/α-hetero) is 1. The molecule has 4 rings (SSSR count). The average molecular weight is 495 g/mol. The minimum atomic E-state index is -0.152. The van der Waals surface area contributed by atoms with Crippen molar-refractivity contribution in [3.63, 3.8) is 0 Å². The van der Waals surface area contributed by atoms with Crippen molar-refractivity contribution in [2.45, 2.75) is 13.8 Å². The van der Waals surface area contributed by atoms with Gasteiger partial charge in [-0.3, -0.25) is 9.36 Å². The maximum absolute atomic E-state index is 12.2. The molecule has 0 aliphatic heterocycles. The van der Waals surface area contributed by atoms with Crippen molar-refractivity contribution in [3.05, 3.63) is 58.1 Å². The molecular weight excluding hydrogens is 476 g/mol. The van der Waals surface area contributed by atoms with E-state index < -0.39 is 0 Å². The Labute approximate surface area is 192 Å². The number of aromatic nitrogens is 5. The summed E-state index contributed by atoms with van der Waals surface area (Å²) in [4.78, 5) is 21.4. The third kappa shape index (κ3) is 4.00. The lowest BCUT2D eigenvalue weighted by molar-refractivity contribution is 0.101. The van der Waals surface area contributed by atoms with Gasteiger partial charge in [-0.1, -0.05) is 0 Å². The van der Waals surface area contributed by atoms with Crippen LogP contribution in [-0.4, -0.2) is 50.4 Å². The van der Waals surface area contributed by atoms with E-state index in [1.165, 1.54) is 11.6 Å². The van der Waals surface area contributed by atoms with E-state index in [1.54, 1.807) is 38.6 Å². The molecule has 162 valence electrons. The van der Waals surface area contributed by atoms with E-state index in [9.17, 15) is 10.1 Å². The van der Waals surface area contributed by atoms with E-state index >= 15 is 0 Å². The number of rotatable bonds is 7. The highest BCUT2D eigenvalue weighted by Crippen LogP contribution is 2.31. The number of fused-ring (bicyclic) bond motifs is 1. The van der Waals surface area contributed by atoms with Crippen LogP contribution >= 0.6 is 15.9 Å². The van der Waals surface area contributed by atoms with Gasteiger partial charge in [0.15, 0.2) is 17.3 Å². The van der Waals surface area contributed by atoms with Gasteiger partial charge in [-0.2, -0.15) is 10.4 Å². The van der Waals surface area contributed by atoms with Crippen LogP contribution in [0.25, 0.3) is 22.7 Å². The Kier molecular flexibility index (Phi) is 6.03. The number of benzene rings is 1. The minimum absolute atomic E-state index is 0.152. The van der Waals surface area contributed by atoms with Gasteiger partial charge in [-0.25, -0.2) is 14.6 Å². The average Bonchev–Trinajstić information content (AvgIpc) is 3.36. The first-order valence-corrected chi connectivity index (χ1v) is 10.5. The highest BCUT2D eigenvalue weighted by atomic mass is 79.9. The van der Waals surface area contributed by atoms with Gasteiger partial charge in [0, 0.05) is 18.9 Å². The number of hydrogen-bond donors (Lipinski definition) is 0. The molecule has 32 heavy (non-hydrogen) atoms. The molecular formula is C22H19BrN6O3. The minimum Gasteiger partial charge on any atom is -0.490 e. The van der Waals surface area contributed by atoms with Crippen LogP contribution in [0.15, 0.2) is 41.1 Å². The highest BCUT2D eigenvalue weighted by molar-refractivity contribution is 9.10. The maximum Gasteiger partial charge on any atom is 0.166 e. The zero-order valence-corrected chi connectivity index (χ0v) is 19.3. The van der Waals surface area contributed by atoms with Gasteiger partial charge in [-0.15, -0.1) is 0 Å². The standard InChI is InChI=1S/C22H19BrN6O3/c1-13-8-15(11-24)27-29(13)22-16(14(2)30)4-5-21(26-22)28-12-25-18-9-17(23)20(10-19(18)28)32-7-6-31-3/h4-5,8-10,12H,6-7H2,1-3H3. The number of hydrogen-bond acceptors (Lipinski definition) is 7. The predicted molar refractivity (Wildman–Crippen MR) is 121 cm³/mol. The van der Waals surface area contributed by atoms with Crippen molar-refractivity contribution >= 4 is 32.7 Å². The Morgan fingerprint density at radius 3 is 2.75 bits per heavy atom. The molecule has 4 aromatic rings. The van der Waals surface area contributed by atoms with Crippen LogP contribution in [-0.2, 0) is 4.74 Å². The van der Waals surface area contributed by atoms with Gasteiger partial charge in [0.1, 0.15) is 30.6 Å². The van der Waals surface area contributed by atoms with Crippen molar-refractivity contribution in [2.75, 3.05) is 20.3 Å². The number of methoxy groups -OCH3 is 1.